The molecule has 2 aromatic rings. The first kappa shape index (κ1) is 10.8. The summed E-state index contributed by atoms with van der Waals surface area (Å²) in [5.74, 6) is 0. The molecule has 2 rings (SSSR count). The molecule has 1 N–H and O–H groups in total. The molecule has 0 aliphatic rings. The number of aryl methyl sites for hydroxylation is 1. The van der Waals surface area contributed by atoms with E-state index in [0.717, 1.165) is 15.3 Å². The van der Waals surface area contributed by atoms with E-state index in [1.165, 1.54) is 0 Å². The van der Waals surface area contributed by atoms with E-state index in [9.17, 15) is 5.11 Å². The fourth-order valence-electron chi connectivity index (χ4n) is 1.67. The van der Waals surface area contributed by atoms with Crippen LogP contribution in [0.3, 0.4) is 0 Å². The molecule has 0 aromatic carbocycles. The number of hydrogen-bond acceptors (Lipinski definition) is 4. The number of hydrogen-bond donors (Lipinski definition) is 1. The van der Waals surface area contributed by atoms with Crippen molar-refractivity contribution in [2.45, 2.75) is 25.9 Å². The average molecular weight is 239 g/mol. The van der Waals surface area contributed by atoms with Gasteiger partial charge in [0.2, 0.25) is 0 Å². The molecule has 0 saturated heterocycles. The van der Waals surface area contributed by atoms with Crippen LogP contribution in [-0.2, 0) is 12.0 Å². The average Bonchev–Trinajstić information content (AvgIpc) is 2.75. The first-order valence-electron chi connectivity index (χ1n) is 4.74. The van der Waals surface area contributed by atoms with E-state index in [0.29, 0.717) is 6.42 Å². The van der Waals surface area contributed by atoms with Gasteiger partial charge in [0.15, 0.2) is 0 Å². The molecule has 80 valence electrons. The summed E-state index contributed by atoms with van der Waals surface area (Å²) >= 11 is 3.20. The summed E-state index contributed by atoms with van der Waals surface area (Å²) in [6.07, 6.45) is 2.46. The number of aliphatic hydroxyl groups is 1. The highest BCUT2D eigenvalue weighted by Crippen LogP contribution is 2.32. The third kappa shape index (κ3) is 2.27. The Labute approximate surface area is 97.2 Å². The lowest BCUT2D eigenvalue weighted by Gasteiger charge is -2.22. The Balaban J connectivity index is 2.24. The lowest BCUT2D eigenvalue weighted by Crippen LogP contribution is -2.23. The van der Waals surface area contributed by atoms with Crippen LogP contribution < -0.4 is 0 Å². The van der Waals surface area contributed by atoms with Gasteiger partial charge in [0.05, 0.1) is 5.51 Å². The van der Waals surface area contributed by atoms with Crippen LogP contribution in [0, 0.1) is 6.92 Å². The topological polar surface area (TPSA) is 33.1 Å². The minimum atomic E-state index is -0.773. The van der Waals surface area contributed by atoms with Gasteiger partial charge in [-0.25, -0.2) is 0 Å². The molecule has 1 unspecified atom stereocenters. The van der Waals surface area contributed by atoms with E-state index in [-0.39, 0.29) is 0 Å². The van der Waals surface area contributed by atoms with E-state index in [2.05, 4.69) is 4.98 Å². The van der Waals surface area contributed by atoms with Gasteiger partial charge < -0.3 is 5.11 Å². The number of thiazole rings is 1. The van der Waals surface area contributed by atoms with Gasteiger partial charge in [0.25, 0.3) is 0 Å². The van der Waals surface area contributed by atoms with Gasteiger partial charge in [-0.15, -0.1) is 22.7 Å². The molecule has 2 heterocycles. The molecule has 0 spiro atoms. The highest BCUT2D eigenvalue weighted by Gasteiger charge is 2.27. The SMILES string of the molecule is Cc1ccsc1C(C)(O)Cc1cncs1. The summed E-state index contributed by atoms with van der Waals surface area (Å²) in [4.78, 5) is 6.19. The summed E-state index contributed by atoms with van der Waals surface area (Å²) < 4.78 is 0. The Morgan fingerprint density at radius 3 is 2.80 bits per heavy atom. The Bertz CT molecular complexity index is 431. The molecule has 0 bridgehead atoms. The zero-order chi connectivity index (χ0) is 10.9. The summed E-state index contributed by atoms with van der Waals surface area (Å²) in [7, 11) is 0. The molecule has 0 radical (unpaired) electrons. The molecule has 0 aliphatic carbocycles. The van der Waals surface area contributed by atoms with Gasteiger partial charge in [-0.1, -0.05) is 0 Å². The first-order valence-corrected chi connectivity index (χ1v) is 6.50. The summed E-state index contributed by atoms with van der Waals surface area (Å²) in [6.45, 7) is 3.90. The largest absolute Gasteiger partial charge is 0.384 e. The summed E-state index contributed by atoms with van der Waals surface area (Å²) in [5, 5.41) is 12.4. The predicted octanol–water partition coefficient (Wildman–Crippen LogP) is 2.96. The van der Waals surface area contributed by atoms with E-state index < -0.39 is 5.60 Å². The Kier molecular flexibility index (Phi) is 2.91. The van der Waals surface area contributed by atoms with Crippen LogP contribution in [0.4, 0.5) is 0 Å². The van der Waals surface area contributed by atoms with Gasteiger partial charge in [0.1, 0.15) is 5.60 Å². The molecule has 0 amide bonds. The minimum Gasteiger partial charge on any atom is -0.384 e. The molecule has 2 nitrogen and oxygen atoms in total. The quantitative estimate of drug-likeness (QED) is 0.893. The number of thiophene rings is 1. The van der Waals surface area contributed by atoms with Crippen molar-refractivity contribution in [1.29, 1.82) is 0 Å². The van der Waals surface area contributed by atoms with Crippen LogP contribution in [0.15, 0.2) is 23.2 Å². The van der Waals surface area contributed by atoms with Crippen molar-refractivity contribution >= 4 is 22.7 Å². The molecule has 0 aliphatic heterocycles. The number of nitrogens with zero attached hydrogens (tertiary/aromatic N) is 1. The Hall–Kier alpha value is -0.710. The lowest BCUT2D eigenvalue weighted by atomic mass is 9.97. The van der Waals surface area contributed by atoms with Crippen molar-refractivity contribution in [1.82, 2.24) is 4.98 Å². The van der Waals surface area contributed by atoms with E-state index >= 15 is 0 Å². The standard InChI is InChI=1S/C11H13NOS2/c1-8-3-4-14-10(8)11(2,13)5-9-6-12-7-15-9/h3-4,6-7,13H,5H2,1-2H3. The second-order valence-electron chi connectivity index (χ2n) is 3.85. The second-order valence-corrected chi connectivity index (χ2v) is 5.74. The van der Waals surface area contributed by atoms with Gasteiger partial charge >= 0.3 is 0 Å². The maximum atomic E-state index is 10.4. The third-order valence-corrected chi connectivity index (χ3v) is 4.40. The van der Waals surface area contributed by atoms with Crippen molar-refractivity contribution in [3.05, 3.63) is 38.5 Å². The number of rotatable bonds is 3. The lowest BCUT2D eigenvalue weighted by molar-refractivity contribution is 0.0617. The molecule has 4 heteroatoms. The zero-order valence-electron chi connectivity index (χ0n) is 8.73. The molecule has 0 fully saturated rings. The van der Waals surface area contributed by atoms with Crippen LogP contribution in [0.2, 0.25) is 0 Å². The first-order chi connectivity index (χ1) is 7.09. The normalized spacial score (nSPS) is 15.1. The van der Waals surface area contributed by atoms with E-state index in [4.69, 9.17) is 0 Å². The van der Waals surface area contributed by atoms with Gasteiger partial charge in [-0.3, -0.25) is 4.98 Å². The van der Waals surface area contributed by atoms with Crippen molar-refractivity contribution in [3.8, 4) is 0 Å². The predicted molar refractivity (Wildman–Crippen MR) is 64.4 cm³/mol. The minimum absolute atomic E-state index is 0.638. The third-order valence-electron chi connectivity index (χ3n) is 2.35. The van der Waals surface area contributed by atoms with Crippen LogP contribution in [-0.4, -0.2) is 10.1 Å². The molecule has 0 saturated carbocycles. The fraction of sp³-hybridized carbons (Fsp3) is 0.364. The smallest absolute Gasteiger partial charge is 0.101 e. The van der Waals surface area contributed by atoms with Crippen molar-refractivity contribution in [2.24, 2.45) is 0 Å². The van der Waals surface area contributed by atoms with Crippen LogP contribution in [0.5, 0.6) is 0 Å². The highest BCUT2D eigenvalue weighted by molar-refractivity contribution is 7.10. The van der Waals surface area contributed by atoms with Crippen LogP contribution in [0.25, 0.3) is 0 Å². The van der Waals surface area contributed by atoms with Crippen LogP contribution in [0.1, 0.15) is 22.2 Å². The van der Waals surface area contributed by atoms with E-state index in [1.54, 1.807) is 28.2 Å². The van der Waals surface area contributed by atoms with Crippen molar-refractivity contribution in [3.63, 3.8) is 0 Å². The highest BCUT2D eigenvalue weighted by atomic mass is 32.1. The van der Waals surface area contributed by atoms with Gasteiger partial charge in [0, 0.05) is 22.4 Å². The van der Waals surface area contributed by atoms with E-state index in [1.807, 2.05) is 31.5 Å². The molecule has 2 aromatic heterocycles. The van der Waals surface area contributed by atoms with Crippen molar-refractivity contribution in [2.75, 3.05) is 0 Å². The summed E-state index contributed by atoms with van der Waals surface area (Å²) in [5.41, 5.74) is 2.19. The molecular weight excluding hydrogens is 226 g/mol. The summed E-state index contributed by atoms with van der Waals surface area (Å²) in [6, 6.07) is 2.04. The van der Waals surface area contributed by atoms with Gasteiger partial charge in [-0.2, -0.15) is 0 Å². The van der Waals surface area contributed by atoms with Crippen LogP contribution >= 0.6 is 22.7 Å². The molecular formula is C11H13NOS2. The molecule has 1 atom stereocenters. The second kappa shape index (κ2) is 4.04. The number of aromatic nitrogens is 1. The Morgan fingerprint density at radius 2 is 2.27 bits per heavy atom. The molecule has 15 heavy (non-hydrogen) atoms. The Morgan fingerprint density at radius 1 is 1.47 bits per heavy atom. The fourth-order valence-corrected chi connectivity index (χ4v) is 3.40. The van der Waals surface area contributed by atoms with Gasteiger partial charge in [-0.05, 0) is 30.9 Å². The van der Waals surface area contributed by atoms with Crippen molar-refractivity contribution < 1.29 is 5.11 Å². The monoisotopic (exact) mass is 239 g/mol. The zero-order valence-corrected chi connectivity index (χ0v) is 10.4. The maximum absolute atomic E-state index is 10.4. The maximum Gasteiger partial charge on any atom is 0.101 e.